The predicted octanol–water partition coefficient (Wildman–Crippen LogP) is 5.26. The van der Waals surface area contributed by atoms with E-state index in [2.05, 4.69) is 10.4 Å². The number of nitrogens with one attached hydrogen (secondary N) is 1. The third-order valence-corrected chi connectivity index (χ3v) is 6.33. The Hall–Kier alpha value is -2.51. The Morgan fingerprint density at radius 3 is 2.47 bits per heavy atom. The summed E-state index contributed by atoms with van der Waals surface area (Å²) in [5.41, 5.74) is 1.89. The minimum absolute atomic E-state index is 0.0596. The number of carbonyl (C=O) groups is 1. The lowest BCUT2D eigenvalue weighted by Gasteiger charge is -2.33. The van der Waals surface area contributed by atoms with Crippen molar-refractivity contribution in [1.29, 1.82) is 0 Å². The van der Waals surface area contributed by atoms with Crippen LogP contribution >= 0.6 is 0 Å². The summed E-state index contributed by atoms with van der Waals surface area (Å²) < 4.78 is 42.5. The Balaban J connectivity index is 1.62. The zero-order chi connectivity index (χ0) is 21.5. The van der Waals surface area contributed by atoms with E-state index < -0.39 is 18.3 Å². The van der Waals surface area contributed by atoms with Gasteiger partial charge < -0.3 is 10.2 Å². The SMILES string of the molecule is Cc1ccc([C@H]2C[C@H](C(F)(F)F)n3nc(C(=O)N(C)C4CCCCC4)cc3N2)cc1. The van der Waals surface area contributed by atoms with Crippen molar-refractivity contribution < 1.29 is 18.0 Å². The number of fused-ring (bicyclic) bond motifs is 1. The molecule has 1 aromatic carbocycles. The Morgan fingerprint density at radius 1 is 1.17 bits per heavy atom. The van der Waals surface area contributed by atoms with Crippen LogP contribution in [-0.4, -0.2) is 39.9 Å². The molecule has 2 aliphatic rings. The van der Waals surface area contributed by atoms with Crippen molar-refractivity contribution in [1.82, 2.24) is 14.7 Å². The van der Waals surface area contributed by atoms with Crippen LogP contribution in [0.1, 0.15) is 72.2 Å². The molecule has 1 saturated carbocycles. The van der Waals surface area contributed by atoms with Crippen LogP contribution in [0.2, 0.25) is 0 Å². The first-order valence-electron chi connectivity index (χ1n) is 10.5. The summed E-state index contributed by atoms with van der Waals surface area (Å²) in [5, 5.41) is 7.26. The zero-order valence-electron chi connectivity index (χ0n) is 17.2. The lowest BCUT2D eigenvalue weighted by atomic mass is 9.94. The van der Waals surface area contributed by atoms with Gasteiger partial charge in [-0.3, -0.25) is 4.79 Å². The van der Waals surface area contributed by atoms with Gasteiger partial charge in [0.1, 0.15) is 5.82 Å². The minimum atomic E-state index is -4.46. The van der Waals surface area contributed by atoms with E-state index >= 15 is 0 Å². The molecule has 1 fully saturated rings. The summed E-state index contributed by atoms with van der Waals surface area (Å²) in [7, 11) is 1.72. The number of benzene rings is 1. The maximum atomic E-state index is 13.8. The van der Waals surface area contributed by atoms with Crippen molar-refractivity contribution in [3.8, 4) is 0 Å². The number of carbonyl (C=O) groups excluding carboxylic acids is 1. The van der Waals surface area contributed by atoms with E-state index in [-0.39, 0.29) is 29.9 Å². The number of anilines is 1. The molecule has 5 nitrogen and oxygen atoms in total. The van der Waals surface area contributed by atoms with Crippen molar-refractivity contribution in [2.24, 2.45) is 0 Å². The molecule has 1 aliphatic carbocycles. The van der Waals surface area contributed by atoms with Gasteiger partial charge in [-0.05, 0) is 25.3 Å². The first-order chi connectivity index (χ1) is 14.2. The van der Waals surface area contributed by atoms with Crippen LogP contribution in [0.25, 0.3) is 0 Å². The third-order valence-electron chi connectivity index (χ3n) is 6.33. The molecular weight excluding hydrogens is 393 g/mol. The van der Waals surface area contributed by atoms with Gasteiger partial charge in [-0.2, -0.15) is 18.3 Å². The number of hydrogen-bond donors (Lipinski definition) is 1. The second kappa shape index (κ2) is 7.96. The maximum Gasteiger partial charge on any atom is 0.410 e. The van der Waals surface area contributed by atoms with Crippen LogP contribution in [0.3, 0.4) is 0 Å². The van der Waals surface area contributed by atoms with E-state index in [4.69, 9.17) is 0 Å². The summed E-state index contributed by atoms with van der Waals surface area (Å²) in [6, 6.07) is 6.77. The van der Waals surface area contributed by atoms with Crippen LogP contribution in [0, 0.1) is 6.92 Å². The minimum Gasteiger partial charge on any atom is -0.363 e. The maximum absolute atomic E-state index is 13.8. The Morgan fingerprint density at radius 2 is 1.83 bits per heavy atom. The molecule has 0 spiro atoms. The molecule has 2 aromatic rings. The molecule has 1 N–H and O–H groups in total. The van der Waals surface area contributed by atoms with E-state index in [9.17, 15) is 18.0 Å². The van der Waals surface area contributed by atoms with E-state index in [0.29, 0.717) is 0 Å². The van der Waals surface area contributed by atoms with Gasteiger partial charge in [0.15, 0.2) is 11.7 Å². The number of alkyl halides is 3. The second-order valence-electron chi connectivity index (χ2n) is 8.47. The first kappa shape index (κ1) is 20.8. The van der Waals surface area contributed by atoms with Gasteiger partial charge in [-0.1, -0.05) is 49.1 Å². The molecule has 30 heavy (non-hydrogen) atoms. The molecule has 0 radical (unpaired) electrons. The second-order valence-corrected chi connectivity index (χ2v) is 8.47. The van der Waals surface area contributed by atoms with E-state index in [1.54, 1.807) is 11.9 Å². The molecule has 4 rings (SSSR count). The average Bonchev–Trinajstić information content (AvgIpc) is 3.16. The highest BCUT2D eigenvalue weighted by Gasteiger charge is 2.47. The average molecular weight is 420 g/mol. The summed E-state index contributed by atoms with van der Waals surface area (Å²) in [6.07, 6.45) is 0.517. The lowest BCUT2D eigenvalue weighted by molar-refractivity contribution is -0.173. The molecule has 162 valence electrons. The van der Waals surface area contributed by atoms with Crippen molar-refractivity contribution in [2.45, 2.75) is 69.8 Å². The van der Waals surface area contributed by atoms with Crippen LogP contribution in [0.4, 0.5) is 19.0 Å². The monoisotopic (exact) mass is 420 g/mol. The van der Waals surface area contributed by atoms with Crippen LogP contribution in [-0.2, 0) is 0 Å². The normalized spacial score (nSPS) is 22.3. The number of nitrogens with zero attached hydrogens (tertiary/aromatic N) is 3. The Labute approximate surface area is 174 Å². The summed E-state index contributed by atoms with van der Waals surface area (Å²) in [6.45, 7) is 1.94. The van der Waals surface area contributed by atoms with Crippen molar-refractivity contribution in [3.63, 3.8) is 0 Å². The van der Waals surface area contributed by atoms with Gasteiger partial charge in [-0.25, -0.2) is 4.68 Å². The fraction of sp³-hybridized carbons (Fsp3) is 0.545. The van der Waals surface area contributed by atoms with Gasteiger partial charge in [0.2, 0.25) is 0 Å². The quantitative estimate of drug-likeness (QED) is 0.737. The van der Waals surface area contributed by atoms with Crippen LogP contribution in [0.5, 0.6) is 0 Å². The summed E-state index contributed by atoms with van der Waals surface area (Å²) >= 11 is 0. The number of aromatic nitrogens is 2. The van der Waals surface area contributed by atoms with Gasteiger partial charge in [0.05, 0.1) is 6.04 Å². The third kappa shape index (κ3) is 4.04. The van der Waals surface area contributed by atoms with Crippen molar-refractivity contribution in [2.75, 3.05) is 12.4 Å². The highest BCUT2D eigenvalue weighted by molar-refractivity contribution is 5.93. The molecule has 1 aromatic heterocycles. The fourth-order valence-corrected chi connectivity index (χ4v) is 4.51. The number of hydrogen-bond acceptors (Lipinski definition) is 3. The number of amides is 1. The number of rotatable bonds is 3. The van der Waals surface area contributed by atoms with Gasteiger partial charge in [0, 0.05) is 25.6 Å². The van der Waals surface area contributed by atoms with E-state index in [1.165, 1.54) is 6.07 Å². The van der Waals surface area contributed by atoms with E-state index in [0.717, 1.165) is 47.9 Å². The van der Waals surface area contributed by atoms with E-state index in [1.807, 2.05) is 31.2 Å². The molecular formula is C22H27F3N4O. The van der Waals surface area contributed by atoms with Crippen molar-refractivity contribution >= 4 is 11.7 Å². The predicted molar refractivity (Wildman–Crippen MR) is 108 cm³/mol. The molecule has 0 saturated heterocycles. The van der Waals surface area contributed by atoms with Crippen LogP contribution < -0.4 is 5.32 Å². The van der Waals surface area contributed by atoms with Gasteiger partial charge >= 0.3 is 6.18 Å². The zero-order valence-corrected chi connectivity index (χ0v) is 17.2. The molecule has 0 bridgehead atoms. The molecule has 2 atom stereocenters. The molecule has 0 unspecified atom stereocenters. The summed E-state index contributed by atoms with van der Waals surface area (Å²) in [5.74, 6) is -0.0899. The van der Waals surface area contributed by atoms with Gasteiger partial charge in [0.25, 0.3) is 5.91 Å². The molecule has 1 amide bonds. The topological polar surface area (TPSA) is 50.2 Å². The Kier molecular flexibility index (Phi) is 5.51. The number of aryl methyl sites for hydroxylation is 1. The largest absolute Gasteiger partial charge is 0.410 e. The first-order valence-corrected chi connectivity index (χ1v) is 10.5. The van der Waals surface area contributed by atoms with Gasteiger partial charge in [-0.15, -0.1) is 0 Å². The number of halogens is 3. The molecule has 8 heteroatoms. The van der Waals surface area contributed by atoms with Crippen LogP contribution in [0.15, 0.2) is 30.3 Å². The molecule has 2 heterocycles. The highest BCUT2D eigenvalue weighted by Crippen LogP contribution is 2.43. The fourth-order valence-electron chi connectivity index (χ4n) is 4.51. The van der Waals surface area contributed by atoms with Crippen molar-refractivity contribution in [3.05, 3.63) is 47.2 Å². The molecule has 1 aliphatic heterocycles. The summed E-state index contributed by atoms with van der Waals surface area (Å²) in [4.78, 5) is 14.6. The standard InChI is InChI=1S/C22H27F3N4O/c1-14-8-10-15(11-9-14)17-12-19(22(23,24)25)29-20(26-17)13-18(27-29)21(30)28(2)16-6-4-3-5-7-16/h8-11,13,16-17,19,26H,3-7,12H2,1-2H3/t17-,19-/m1/s1. The highest BCUT2D eigenvalue weighted by atomic mass is 19.4. The smallest absolute Gasteiger partial charge is 0.363 e. The Bertz CT molecular complexity index is 900. The lowest BCUT2D eigenvalue weighted by Crippen LogP contribution is -2.38.